The average Bonchev–Trinajstić information content (AvgIpc) is 2.70. The van der Waals surface area contributed by atoms with Crippen LogP contribution in [0, 0.1) is 11.8 Å². The smallest absolute Gasteiger partial charge is 0.250 e. The molecule has 6 heteroatoms. The lowest BCUT2D eigenvalue weighted by atomic mass is 9.82. The maximum absolute atomic E-state index is 12.3. The second-order valence-electron chi connectivity index (χ2n) is 9.89. The third kappa shape index (κ3) is 3.01. The third-order valence-corrected chi connectivity index (χ3v) is 7.85. The van der Waals surface area contributed by atoms with Gasteiger partial charge in [-0.2, -0.15) is 0 Å². The van der Waals surface area contributed by atoms with Crippen molar-refractivity contribution in [2.75, 3.05) is 32.8 Å². The first-order valence-electron chi connectivity index (χ1n) is 11.2. The number of aromatic nitrogens is 2. The number of pyridine rings is 2. The maximum atomic E-state index is 12.3. The van der Waals surface area contributed by atoms with E-state index in [4.69, 9.17) is 0 Å². The molecule has 6 heterocycles. The van der Waals surface area contributed by atoms with E-state index < -0.39 is 0 Å². The number of hydrogen-bond donors (Lipinski definition) is 2. The van der Waals surface area contributed by atoms with Crippen molar-refractivity contribution in [3.63, 3.8) is 0 Å². The first kappa shape index (κ1) is 17.7. The maximum Gasteiger partial charge on any atom is 0.250 e. The van der Waals surface area contributed by atoms with E-state index in [9.17, 15) is 9.59 Å². The second-order valence-corrected chi connectivity index (χ2v) is 9.89. The van der Waals surface area contributed by atoms with Crippen molar-refractivity contribution in [1.29, 1.82) is 0 Å². The second kappa shape index (κ2) is 6.67. The summed E-state index contributed by atoms with van der Waals surface area (Å²) in [6.45, 7) is 7.63. The molecule has 0 saturated carbocycles. The molecule has 2 aromatic rings. The van der Waals surface area contributed by atoms with Crippen molar-refractivity contribution in [3.05, 3.63) is 68.5 Å². The van der Waals surface area contributed by atoms with Gasteiger partial charge < -0.3 is 9.13 Å². The zero-order valence-corrected chi connectivity index (χ0v) is 16.8. The van der Waals surface area contributed by atoms with E-state index >= 15 is 0 Å². The zero-order valence-electron chi connectivity index (χ0n) is 16.8. The monoisotopic (exact) mass is 394 g/mol. The fourth-order valence-corrected chi connectivity index (χ4v) is 6.88. The average molecular weight is 395 g/mol. The molecular formula is C23H30N4O2+2. The third-order valence-electron chi connectivity index (χ3n) is 7.85. The molecule has 2 fully saturated rings. The summed E-state index contributed by atoms with van der Waals surface area (Å²) in [6, 6.07) is 11.6. The number of likely N-dealkylation sites (tertiary alicyclic amines) is 2. The van der Waals surface area contributed by atoms with E-state index in [-0.39, 0.29) is 11.1 Å². The molecular weight excluding hydrogens is 364 g/mol. The summed E-state index contributed by atoms with van der Waals surface area (Å²) in [4.78, 5) is 27.9. The van der Waals surface area contributed by atoms with E-state index in [0.29, 0.717) is 23.7 Å². The van der Waals surface area contributed by atoms with E-state index in [2.05, 4.69) is 12.1 Å². The van der Waals surface area contributed by atoms with Crippen LogP contribution in [0.15, 0.2) is 46.0 Å². The van der Waals surface area contributed by atoms with Gasteiger partial charge in [0, 0.05) is 60.3 Å². The number of hydrogen-bond acceptors (Lipinski definition) is 2. The molecule has 0 radical (unpaired) electrons. The van der Waals surface area contributed by atoms with E-state index in [0.717, 1.165) is 26.2 Å². The van der Waals surface area contributed by atoms with Crippen molar-refractivity contribution >= 4 is 0 Å². The lowest BCUT2D eigenvalue weighted by molar-refractivity contribution is -1.09. The number of nitrogens with zero attached hydrogens (tertiary/aromatic N) is 2. The Kier molecular flexibility index (Phi) is 4.06. The molecule has 0 amide bonds. The van der Waals surface area contributed by atoms with Crippen molar-refractivity contribution in [2.24, 2.45) is 11.8 Å². The van der Waals surface area contributed by atoms with Crippen LogP contribution in [0.1, 0.15) is 36.1 Å². The molecule has 2 aromatic heterocycles. The van der Waals surface area contributed by atoms with Crippen molar-refractivity contribution in [3.8, 4) is 0 Å². The zero-order chi connectivity index (χ0) is 19.5. The summed E-state index contributed by atoms with van der Waals surface area (Å²) in [5.74, 6) is 2.29. The van der Waals surface area contributed by atoms with E-state index in [1.54, 1.807) is 21.9 Å². The van der Waals surface area contributed by atoms with Crippen molar-refractivity contribution in [1.82, 2.24) is 9.13 Å². The van der Waals surface area contributed by atoms with Gasteiger partial charge in [-0.1, -0.05) is 12.1 Å². The van der Waals surface area contributed by atoms with Crippen LogP contribution >= 0.6 is 0 Å². The minimum absolute atomic E-state index is 0.170. The first-order valence-corrected chi connectivity index (χ1v) is 11.2. The topological polar surface area (TPSA) is 52.9 Å². The predicted octanol–water partition coefficient (Wildman–Crippen LogP) is -1.33. The van der Waals surface area contributed by atoms with Gasteiger partial charge in [-0.25, -0.2) is 0 Å². The number of nitrogens with one attached hydrogen (secondary N) is 2. The fourth-order valence-electron chi connectivity index (χ4n) is 6.88. The number of piperidine rings is 2. The quantitative estimate of drug-likeness (QED) is 0.664. The van der Waals surface area contributed by atoms with Crippen LogP contribution in [0.4, 0.5) is 0 Å². The minimum atomic E-state index is 0.170. The highest BCUT2D eigenvalue weighted by Crippen LogP contribution is 2.31. The van der Waals surface area contributed by atoms with Crippen LogP contribution in [0.5, 0.6) is 0 Å². The van der Waals surface area contributed by atoms with Crippen LogP contribution in [-0.2, 0) is 13.1 Å². The van der Waals surface area contributed by atoms with Crippen LogP contribution in [0.2, 0.25) is 0 Å². The summed E-state index contributed by atoms with van der Waals surface area (Å²) >= 11 is 0. The molecule has 4 bridgehead atoms. The summed E-state index contributed by atoms with van der Waals surface area (Å²) < 4.78 is 4.06. The van der Waals surface area contributed by atoms with Crippen molar-refractivity contribution in [2.45, 2.75) is 37.8 Å². The van der Waals surface area contributed by atoms with Crippen LogP contribution in [0.25, 0.3) is 0 Å². The highest BCUT2D eigenvalue weighted by atomic mass is 16.1. The molecule has 0 aliphatic carbocycles. The minimum Gasteiger partial charge on any atom is -0.312 e. The molecule has 29 heavy (non-hydrogen) atoms. The molecule has 6 atom stereocenters. The Bertz CT molecular complexity index is 974. The van der Waals surface area contributed by atoms with Crippen LogP contribution in [0.3, 0.4) is 0 Å². The molecule has 0 spiro atoms. The SMILES string of the molecule is O=c1cccc2n1C[C@H]1C[C@@H]2C[NH+](C[NH+]2C[C@H]3C[C@@H](C2)c2cccc(=O)n2C3)C1. The van der Waals surface area contributed by atoms with Gasteiger partial charge in [0.2, 0.25) is 6.67 Å². The van der Waals surface area contributed by atoms with Crippen LogP contribution < -0.4 is 20.9 Å². The number of quaternary nitrogens is 2. The van der Waals surface area contributed by atoms with Gasteiger partial charge >= 0.3 is 0 Å². The molecule has 4 aliphatic rings. The van der Waals surface area contributed by atoms with Gasteiger partial charge in [0.25, 0.3) is 11.1 Å². The summed E-state index contributed by atoms with van der Waals surface area (Å²) in [7, 11) is 0. The number of rotatable bonds is 2. The molecule has 0 aromatic carbocycles. The molecule has 2 saturated heterocycles. The summed E-state index contributed by atoms with van der Waals surface area (Å²) in [5, 5.41) is 0. The van der Waals surface area contributed by atoms with Gasteiger partial charge in [0.15, 0.2) is 0 Å². The van der Waals surface area contributed by atoms with E-state index in [1.165, 1.54) is 44.0 Å². The van der Waals surface area contributed by atoms with Crippen LogP contribution in [-0.4, -0.2) is 42.0 Å². The lowest BCUT2D eigenvalue weighted by Gasteiger charge is -2.44. The molecule has 6 nitrogen and oxygen atoms in total. The Morgan fingerprint density at radius 2 is 1.21 bits per heavy atom. The predicted molar refractivity (Wildman–Crippen MR) is 109 cm³/mol. The fraction of sp³-hybridized carbons (Fsp3) is 0.565. The lowest BCUT2D eigenvalue weighted by Crippen LogP contribution is -3.33. The molecule has 152 valence electrons. The van der Waals surface area contributed by atoms with Gasteiger partial charge in [-0.15, -0.1) is 0 Å². The van der Waals surface area contributed by atoms with Gasteiger partial charge in [-0.3, -0.25) is 19.4 Å². The Hall–Kier alpha value is -2.18. The molecule has 2 N–H and O–H groups in total. The largest absolute Gasteiger partial charge is 0.312 e. The Morgan fingerprint density at radius 3 is 1.69 bits per heavy atom. The Labute approximate surface area is 170 Å². The first-order chi connectivity index (χ1) is 14.1. The normalized spacial score (nSPS) is 34.9. The van der Waals surface area contributed by atoms with Gasteiger partial charge in [0.1, 0.15) is 0 Å². The Morgan fingerprint density at radius 1 is 0.724 bits per heavy atom. The summed E-state index contributed by atoms with van der Waals surface area (Å²) in [5.41, 5.74) is 2.85. The van der Waals surface area contributed by atoms with Gasteiger partial charge in [-0.05, 0) is 25.0 Å². The summed E-state index contributed by atoms with van der Waals surface area (Å²) in [6.07, 6.45) is 2.48. The molecule has 4 aliphatic heterocycles. The molecule has 2 unspecified atom stereocenters. The van der Waals surface area contributed by atoms with Crippen molar-refractivity contribution < 1.29 is 9.80 Å². The highest BCUT2D eigenvalue weighted by Gasteiger charge is 2.41. The molecule has 6 rings (SSSR count). The van der Waals surface area contributed by atoms with E-state index in [1.807, 2.05) is 21.3 Å². The number of fused-ring (bicyclic) bond motifs is 8. The van der Waals surface area contributed by atoms with Gasteiger partial charge in [0.05, 0.1) is 26.2 Å². The highest BCUT2D eigenvalue weighted by molar-refractivity contribution is 5.16. The standard InChI is InChI=1S/C23H28N4O2/c28-22-5-1-3-20-18-7-16(11-26(20)22)9-24(13-18)15-25-10-17-8-19(14-25)21-4-2-6-23(29)27(21)12-17/h1-6,16-19H,7-15H2/p+2/t16-,17+,18+,19-. The Balaban J connectivity index is 1.19.